The minimum Gasteiger partial charge on any atom is -0.379 e. The zero-order chi connectivity index (χ0) is 18.1. The number of hydrogen-bond donors (Lipinski definition) is 2. The lowest BCUT2D eigenvalue weighted by atomic mass is 10.1. The van der Waals surface area contributed by atoms with Gasteiger partial charge in [-0.1, -0.05) is 11.6 Å². The van der Waals surface area contributed by atoms with Crippen LogP contribution in [0.2, 0.25) is 5.02 Å². The van der Waals surface area contributed by atoms with Gasteiger partial charge in [0, 0.05) is 37.2 Å². The third-order valence-electron chi connectivity index (χ3n) is 4.26. The van der Waals surface area contributed by atoms with Crippen LogP contribution in [-0.2, 0) is 4.74 Å². The molecule has 0 bridgehead atoms. The molecule has 1 atom stereocenters. The van der Waals surface area contributed by atoms with E-state index >= 15 is 0 Å². The van der Waals surface area contributed by atoms with Gasteiger partial charge in [-0.25, -0.2) is 9.50 Å². The van der Waals surface area contributed by atoms with Crippen LogP contribution in [0.1, 0.15) is 16.8 Å². The molecule has 134 valence electrons. The molecular formula is C17H17ClN6O2. The number of aromatic nitrogens is 4. The summed E-state index contributed by atoms with van der Waals surface area (Å²) in [4.78, 5) is 20.7. The van der Waals surface area contributed by atoms with Crippen molar-refractivity contribution in [2.75, 3.05) is 25.6 Å². The van der Waals surface area contributed by atoms with Crippen molar-refractivity contribution in [3.63, 3.8) is 0 Å². The van der Waals surface area contributed by atoms with Crippen LogP contribution in [0, 0.1) is 0 Å². The Balaban J connectivity index is 1.75. The van der Waals surface area contributed by atoms with Crippen LogP contribution in [0.25, 0.3) is 16.8 Å². The molecule has 3 aromatic heterocycles. The Morgan fingerprint density at radius 2 is 2.27 bits per heavy atom. The Morgan fingerprint density at radius 3 is 3.04 bits per heavy atom. The Kier molecular flexibility index (Phi) is 4.44. The lowest BCUT2D eigenvalue weighted by Crippen LogP contribution is -2.20. The van der Waals surface area contributed by atoms with Crippen molar-refractivity contribution in [1.82, 2.24) is 24.9 Å². The fourth-order valence-corrected chi connectivity index (χ4v) is 3.08. The van der Waals surface area contributed by atoms with Crippen molar-refractivity contribution < 1.29 is 9.53 Å². The molecule has 0 saturated carbocycles. The van der Waals surface area contributed by atoms with E-state index in [-0.39, 0.29) is 11.9 Å². The molecule has 8 nitrogen and oxygen atoms in total. The van der Waals surface area contributed by atoms with Gasteiger partial charge in [0.15, 0.2) is 5.65 Å². The zero-order valence-corrected chi connectivity index (χ0v) is 14.8. The van der Waals surface area contributed by atoms with Gasteiger partial charge in [0.1, 0.15) is 10.8 Å². The number of nitrogens with zero attached hydrogens (tertiary/aromatic N) is 4. The van der Waals surface area contributed by atoms with Crippen LogP contribution in [0.15, 0.2) is 30.9 Å². The number of nitrogens with one attached hydrogen (secondary N) is 2. The van der Waals surface area contributed by atoms with Crippen molar-refractivity contribution in [3.05, 3.63) is 41.4 Å². The molecule has 3 aromatic rings. The summed E-state index contributed by atoms with van der Waals surface area (Å²) < 4.78 is 7.00. The summed E-state index contributed by atoms with van der Waals surface area (Å²) in [7, 11) is 1.58. The molecule has 2 N–H and O–H groups in total. The quantitative estimate of drug-likeness (QED) is 0.727. The largest absolute Gasteiger partial charge is 0.379 e. The Morgan fingerprint density at radius 1 is 1.38 bits per heavy atom. The molecule has 1 fully saturated rings. The number of carbonyl (C=O) groups is 1. The first kappa shape index (κ1) is 16.7. The number of amides is 1. The summed E-state index contributed by atoms with van der Waals surface area (Å²) in [5.74, 6) is 0.391. The van der Waals surface area contributed by atoms with E-state index in [0.717, 1.165) is 24.2 Å². The number of anilines is 1. The number of ether oxygens (including phenoxy) is 1. The van der Waals surface area contributed by atoms with Gasteiger partial charge < -0.3 is 15.4 Å². The van der Waals surface area contributed by atoms with E-state index in [2.05, 4.69) is 25.7 Å². The Bertz CT molecular complexity index is 967. The van der Waals surface area contributed by atoms with E-state index in [0.29, 0.717) is 28.7 Å². The molecule has 9 heteroatoms. The van der Waals surface area contributed by atoms with Crippen molar-refractivity contribution in [1.29, 1.82) is 0 Å². The number of rotatable bonds is 4. The highest BCUT2D eigenvalue weighted by atomic mass is 35.5. The average Bonchev–Trinajstić information content (AvgIpc) is 3.31. The highest BCUT2D eigenvalue weighted by molar-refractivity contribution is 6.32. The van der Waals surface area contributed by atoms with E-state index in [4.69, 9.17) is 16.3 Å². The summed E-state index contributed by atoms with van der Waals surface area (Å²) in [5.41, 5.74) is 2.63. The van der Waals surface area contributed by atoms with Gasteiger partial charge in [0.25, 0.3) is 5.91 Å². The maximum absolute atomic E-state index is 11.9. The van der Waals surface area contributed by atoms with Crippen LogP contribution in [0.4, 0.5) is 5.82 Å². The monoisotopic (exact) mass is 372 g/mol. The second-order valence-corrected chi connectivity index (χ2v) is 6.42. The van der Waals surface area contributed by atoms with E-state index in [1.54, 1.807) is 36.2 Å². The Hall–Kier alpha value is -2.71. The van der Waals surface area contributed by atoms with Gasteiger partial charge in [0.05, 0.1) is 30.6 Å². The summed E-state index contributed by atoms with van der Waals surface area (Å²) in [5, 5.41) is 10.7. The van der Waals surface area contributed by atoms with Crippen molar-refractivity contribution >= 4 is 29.0 Å². The third-order valence-corrected chi connectivity index (χ3v) is 4.53. The number of fused-ring (bicyclic) bond motifs is 1. The minimum absolute atomic E-state index is 0.187. The van der Waals surface area contributed by atoms with E-state index in [9.17, 15) is 4.79 Å². The average molecular weight is 373 g/mol. The first-order valence-electron chi connectivity index (χ1n) is 8.21. The fraction of sp³-hybridized carbons (Fsp3) is 0.294. The first-order chi connectivity index (χ1) is 12.7. The van der Waals surface area contributed by atoms with Crippen LogP contribution >= 0.6 is 11.6 Å². The minimum atomic E-state index is -0.199. The van der Waals surface area contributed by atoms with E-state index < -0.39 is 0 Å². The summed E-state index contributed by atoms with van der Waals surface area (Å²) >= 11 is 6.33. The number of halogens is 1. The van der Waals surface area contributed by atoms with Crippen LogP contribution < -0.4 is 10.6 Å². The molecule has 1 saturated heterocycles. The molecule has 26 heavy (non-hydrogen) atoms. The third kappa shape index (κ3) is 3.09. The van der Waals surface area contributed by atoms with Gasteiger partial charge >= 0.3 is 0 Å². The zero-order valence-electron chi connectivity index (χ0n) is 14.1. The molecule has 1 aliphatic rings. The van der Waals surface area contributed by atoms with Crippen molar-refractivity contribution in [3.8, 4) is 11.1 Å². The summed E-state index contributed by atoms with van der Waals surface area (Å²) in [6.45, 7) is 1.36. The topological polar surface area (TPSA) is 93.4 Å². The van der Waals surface area contributed by atoms with Crippen molar-refractivity contribution in [2.45, 2.75) is 12.5 Å². The smallest absolute Gasteiger partial charge is 0.252 e. The van der Waals surface area contributed by atoms with Crippen LogP contribution in [0.3, 0.4) is 0 Å². The molecule has 0 spiro atoms. The van der Waals surface area contributed by atoms with Crippen LogP contribution in [-0.4, -0.2) is 51.8 Å². The van der Waals surface area contributed by atoms with Crippen molar-refractivity contribution in [2.24, 2.45) is 0 Å². The van der Waals surface area contributed by atoms with Gasteiger partial charge in [-0.05, 0) is 12.5 Å². The molecule has 4 rings (SSSR count). The number of hydrogen-bond acceptors (Lipinski definition) is 6. The maximum Gasteiger partial charge on any atom is 0.252 e. The standard InChI is InChI=1S/C17H17ClN6O2/c1-19-17(25)11-4-10(5-20-6-11)13-7-21-24-8-14(18)15(23-16(13)24)22-12-2-3-26-9-12/h4-8,12H,2-3,9H2,1H3,(H,19,25)(H,22,23). The SMILES string of the molecule is CNC(=O)c1cncc(-c2cnn3cc(Cl)c(NC4CCOC4)nc23)c1. The number of carbonyl (C=O) groups excluding carboxylic acids is 1. The molecular weight excluding hydrogens is 356 g/mol. The van der Waals surface area contributed by atoms with Gasteiger partial charge in [-0.3, -0.25) is 9.78 Å². The summed E-state index contributed by atoms with van der Waals surface area (Å²) in [6.07, 6.45) is 7.50. The molecule has 1 amide bonds. The highest BCUT2D eigenvalue weighted by Crippen LogP contribution is 2.28. The van der Waals surface area contributed by atoms with Gasteiger partial charge in [-0.15, -0.1) is 0 Å². The molecule has 0 radical (unpaired) electrons. The van der Waals surface area contributed by atoms with Gasteiger partial charge in [0.2, 0.25) is 0 Å². The molecule has 0 aromatic carbocycles. The lowest BCUT2D eigenvalue weighted by Gasteiger charge is -2.13. The highest BCUT2D eigenvalue weighted by Gasteiger charge is 2.19. The van der Waals surface area contributed by atoms with E-state index in [1.807, 2.05) is 0 Å². The lowest BCUT2D eigenvalue weighted by molar-refractivity contribution is 0.0963. The molecule has 1 aliphatic heterocycles. The predicted molar refractivity (Wildman–Crippen MR) is 97.5 cm³/mol. The second kappa shape index (κ2) is 6.89. The summed E-state index contributed by atoms with van der Waals surface area (Å²) in [6, 6.07) is 1.95. The maximum atomic E-state index is 11.9. The van der Waals surface area contributed by atoms with E-state index in [1.165, 1.54) is 6.20 Å². The predicted octanol–water partition coefficient (Wildman–Crippen LogP) is 2.01. The second-order valence-electron chi connectivity index (χ2n) is 6.01. The molecule has 0 aliphatic carbocycles. The molecule has 1 unspecified atom stereocenters. The number of pyridine rings is 1. The molecule has 4 heterocycles. The van der Waals surface area contributed by atoms with Crippen LogP contribution in [0.5, 0.6) is 0 Å². The van der Waals surface area contributed by atoms with Gasteiger partial charge in [-0.2, -0.15) is 5.10 Å². The normalized spacial score (nSPS) is 16.8. The first-order valence-corrected chi connectivity index (χ1v) is 8.59. The Labute approximate surface area is 154 Å². The fourth-order valence-electron chi connectivity index (χ4n) is 2.89.